The number of carbonyl (C=O) groups excluding carboxylic acids is 1. The van der Waals surface area contributed by atoms with Crippen LogP contribution in [0.2, 0.25) is 0 Å². The molecule has 0 aromatic heterocycles. The van der Waals surface area contributed by atoms with E-state index < -0.39 is 34.6 Å². The van der Waals surface area contributed by atoms with Gasteiger partial charge in [0.1, 0.15) is 5.82 Å². The minimum atomic E-state index is -4.82. The molecule has 1 amide bonds. The van der Waals surface area contributed by atoms with E-state index >= 15 is 0 Å². The number of alkyl halides is 3. The summed E-state index contributed by atoms with van der Waals surface area (Å²) >= 11 is 0. The van der Waals surface area contributed by atoms with Gasteiger partial charge in [-0.3, -0.25) is 4.79 Å². The van der Waals surface area contributed by atoms with Gasteiger partial charge in [0, 0.05) is 5.54 Å². The largest absolute Gasteiger partial charge is 0.419 e. The van der Waals surface area contributed by atoms with E-state index in [2.05, 4.69) is 5.32 Å². The highest BCUT2D eigenvalue weighted by Crippen LogP contribution is 2.32. The Hall–Kier alpha value is -1.59. The summed E-state index contributed by atoms with van der Waals surface area (Å²) in [4.78, 5) is 11.6. The Morgan fingerprint density at radius 2 is 1.72 bits per heavy atom. The lowest BCUT2D eigenvalue weighted by Gasteiger charge is -2.21. The predicted molar refractivity (Wildman–Crippen MR) is 58.6 cm³/mol. The molecule has 1 N–H and O–H groups in total. The summed E-state index contributed by atoms with van der Waals surface area (Å²) in [6.45, 7) is 4.95. The average Bonchev–Trinajstić information content (AvgIpc) is 2.12. The number of carbonyl (C=O) groups is 1. The predicted octanol–water partition coefficient (Wildman–Crippen LogP) is 3.37. The number of amides is 1. The van der Waals surface area contributed by atoms with Gasteiger partial charge in [0.15, 0.2) is 0 Å². The standard InChI is InChI=1S/C12H13F4NO/c1-11(2,3)17-10(18)7-5-4-6-8(9(7)13)12(14,15)16/h4-6H,1-3H3,(H,17,18). The van der Waals surface area contributed by atoms with Gasteiger partial charge < -0.3 is 5.32 Å². The normalized spacial score (nSPS) is 12.4. The fourth-order valence-corrected chi connectivity index (χ4v) is 1.33. The molecule has 0 unspecified atom stereocenters. The third-order valence-corrected chi connectivity index (χ3v) is 2.04. The maximum absolute atomic E-state index is 13.6. The lowest BCUT2D eigenvalue weighted by Crippen LogP contribution is -2.41. The second kappa shape index (κ2) is 4.59. The second-order valence-electron chi connectivity index (χ2n) is 4.87. The van der Waals surface area contributed by atoms with Crippen LogP contribution in [0.25, 0.3) is 0 Å². The van der Waals surface area contributed by atoms with E-state index in [1.807, 2.05) is 0 Å². The zero-order valence-electron chi connectivity index (χ0n) is 10.2. The highest BCUT2D eigenvalue weighted by atomic mass is 19.4. The molecule has 0 aliphatic carbocycles. The molecule has 1 rings (SSSR count). The number of halogens is 4. The summed E-state index contributed by atoms with van der Waals surface area (Å²) in [6, 6.07) is 2.62. The molecule has 0 fully saturated rings. The van der Waals surface area contributed by atoms with Gasteiger partial charge in [0.25, 0.3) is 5.91 Å². The molecule has 0 heterocycles. The van der Waals surface area contributed by atoms with Crippen LogP contribution in [-0.4, -0.2) is 11.4 Å². The number of hydrogen-bond donors (Lipinski definition) is 1. The van der Waals surface area contributed by atoms with E-state index in [0.29, 0.717) is 6.07 Å². The van der Waals surface area contributed by atoms with Crippen molar-refractivity contribution in [3.8, 4) is 0 Å². The first kappa shape index (κ1) is 14.5. The number of rotatable bonds is 1. The summed E-state index contributed by atoms with van der Waals surface area (Å²) in [5, 5.41) is 2.41. The van der Waals surface area contributed by atoms with Crippen LogP contribution >= 0.6 is 0 Å². The summed E-state index contributed by atoms with van der Waals surface area (Å²) in [6.07, 6.45) is -4.82. The Balaban J connectivity index is 3.16. The van der Waals surface area contributed by atoms with Crippen LogP contribution in [0.5, 0.6) is 0 Å². The maximum atomic E-state index is 13.6. The molecule has 18 heavy (non-hydrogen) atoms. The van der Waals surface area contributed by atoms with Gasteiger partial charge in [0.2, 0.25) is 0 Å². The van der Waals surface area contributed by atoms with Crippen molar-refractivity contribution in [1.82, 2.24) is 5.32 Å². The molecular weight excluding hydrogens is 250 g/mol. The topological polar surface area (TPSA) is 29.1 Å². The summed E-state index contributed by atoms with van der Waals surface area (Å²) < 4.78 is 51.0. The zero-order valence-corrected chi connectivity index (χ0v) is 10.2. The molecule has 6 heteroatoms. The summed E-state index contributed by atoms with van der Waals surface area (Å²) in [7, 11) is 0. The number of benzene rings is 1. The fourth-order valence-electron chi connectivity index (χ4n) is 1.33. The van der Waals surface area contributed by atoms with E-state index in [4.69, 9.17) is 0 Å². The zero-order chi connectivity index (χ0) is 14.1. The lowest BCUT2D eigenvalue weighted by molar-refractivity contribution is -0.140. The monoisotopic (exact) mass is 263 g/mol. The van der Waals surface area contributed by atoms with E-state index in [-0.39, 0.29) is 0 Å². The molecule has 1 aromatic rings. The van der Waals surface area contributed by atoms with Crippen molar-refractivity contribution >= 4 is 5.91 Å². The van der Waals surface area contributed by atoms with E-state index in [1.54, 1.807) is 20.8 Å². The Morgan fingerprint density at radius 3 is 2.17 bits per heavy atom. The van der Waals surface area contributed by atoms with E-state index in [0.717, 1.165) is 12.1 Å². The second-order valence-corrected chi connectivity index (χ2v) is 4.87. The van der Waals surface area contributed by atoms with Gasteiger partial charge in [0.05, 0.1) is 11.1 Å². The van der Waals surface area contributed by atoms with Crippen LogP contribution < -0.4 is 5.32 Å². The van der Waals surface area contributed by atoms with Crippen molar-refractivity contribution in [2.24, 2.45) is 0 Å². The molecule has 0 saturated carbocycles. The molecule has 0 aliphatic rings. The SMILES string of the molecule is CC(C)(C)NC(=O)c1cccc(C(F)(F)F)c1F. The van der Waals surface area contributed by atoms with Gasteiger partial charge in [-0.05, 0) is 32.9 Å². The molecule has 0 spiro atoms. The Bertz CT molecular complexity index is 460. The summed E-state index contributed by atoms with van der Waals surface area (Å²) in [5.74, 6) is -2.42. The molecule has 0 saturated heterocycles. The molecule has 1 aromatic carbocycles. The van der Waals surface area contributed by atoms with Crippen LogP contribution in [0, 0.1) is 5.82 Å². The molecule has 0 bridgehead atoms. The highest BCUT2D eigenvalue weighted by molar-refractivity contribution is 5.95. The number of hydrogen-bond acceptors (Lipinski definition) is 1. The van der Waals surface area contributed by atoms with E-state index in [9.17, 15) is 22.4 Å². The van der Waals surface area contributed by atoms with Crippen molar-refractivity contribution in [3.05, 3.63) is 35.1 Å². The molecule has 0 atom stereocenters. The maximum Gasteiger partial charge on any atom is 0.419 e. The smallest absolute Gasteiger partial charge is 0.347 e. The minimum Gasteiger partial charge on any atom is -0.347 e. The molecule has 100 valence electrons. The first-order chi connectivity index (χ1) is 8.02. The van der Waals surface area contributed by atoms with Gasteiger partial charge in [-0.25, -0.2) is 4.39 Å². The fraction of sp³-hybridized carbons (Fsp3) is 0.417. The van der Waals surface area contributed by atoms with Crippen LogP contribution in [0.3, 0.4) is 0 Å². The van der Waals surface area contributed by atoms with Gasteiger partial charge in [-0.1, -0.05) is 6.07 Å². The Kier molecular flexibility index (Phi) is 3.69. The van der Waals surface area contributed by atoms with Crippen molar-refractivity contribution in [1.29, 1.82) is 0 Å². The van der Waals surface area contributed by atoms with Crippen molar-refractivity contribution in [2.75, 3.05) is 0 Å². The van der Waals surface area contributed by atoms with Crippen LogP contribution in [0.4, 0.5) is 17.6 Å². The van der Waals surface area contributed by atoms with Gasteiger partial charge >= 0.3 is 6.18 Å². The van der Waals surface area contributed by atoms with Gasteiger partial charge in [-0.2, -0.15) is 13.2 Å². The molecule has 0 radical (unpaired) electrons. The third kappa shape index (κ3) is 3.45. The molecule has 2 nitrogen and oxygen atoms in total. The first-order valence-electron chi connectivity index (χ1n) is 5.20. The molecular formula is C12H13F4NO. The molecule has 0 aliphatic heterocycles. The van der Waals surface area contributed by atoms with Crippen molar-refractivity contribution in [3.63, 3.8) is 0 Å². The summed E-state index contributed by atoms with van der Waals surface area (Å²) in [5.41, 5.74) is -2.71. The van der Waals surface area contributed by atoms with E-state index in [1.165, 1.54) is 0 Å². The number of nitrogens with one attached hydrogen (secondary N) is 1. The highest BCUT2D eigenvalue weighted by Gasteiger charge is 2.35. The van der Waals surface area contributed by atoms with Crippen molar-refractivity contribution < 1.29 is 22.4 Å². The minimum absolute atomic E-state index is 0.600. The van der Waals surface area contributed by atoms with Crippen LogP contribution in [-0.2, 0) is 6.18 Å². The quantitative estimate of drug-likeness (QED) is 0.773. The van der Waals surface area contributed by atoms with Gasteiger partial charge in [-0.15, -0.1) is 0 Å². The Labute approximate surface area is 102 Å². The van der Waals surface area contributed by atoms with Crippen molar-refractivity contribution in [2.45, 2.75) is 32.5 Å². The van der Waals surface area contributed by atoms with Crippen LogP contribution in [0.1, 0.15) is 36.7 Å². The third-order valence-electron chi connectivity index (χ3n) is 2.04. The lowest BCUT2D eigenvalue weighted by atomic mass is 10.1. The van der Waals surface area contributed by atoms with Crippen LogP contribution in [0.15, 0.2) is 18.2 Å². The average molecular weight is 263 g/mol. The first-order valence-corrected chi connectivity index (χ1v) is 5.20. The Morgan fingerprint density at radius 1 is 1.17 bits per heavy atom.